The van der Waals surface area contributed by atoms with Crippen LogP contribution in [0.4, 0.5) is 0 Å². The second kappa shape index (κ2) is 7.63. The fourth-order valence-electron chi connectivity index (χ4n) is 1.69. The van der Waals surface area contributed by atoms with Crippen LogP contribution in [0.1, 0.15) is 46.0 Å². The number of ether oxygens (including phenoxy) is 3. The van der Waals surface area contributed by atoms with Crippen molar-refractivity contribution in [3.63, 3.8) is 0 Å². The molecule has 0 aromatic heterocycles. The van der Waals surface area contributed by atoms with Crippen LogP contribution < -0.4 is 0 Å². The summed E-state index contributed by atoms with van der Waals surface area (Å²) in [6.07, 6.45) is 5.63. The highest BCUT2D eigenvalue weighted by molar-refractivity contribution is 5.65. The van der Waals surface area contributed by atoms with E-state index in [0.717, 1.165) is 12.8 Å². The lowest BCUT2D eigenvalue weighted by molar-refractivity contribution is -0.145. The Hall–Kier alpha value is -0.610. The van der Waals surface area contributed by atoms with Gasteiger partial charge < -0.3 is 14.2 Å². The van der Waals surface area contributed by atoms with Gasteiger partial charge in [-0.05, 0) is 12.8 Å². The number of carbonyl (C=O) groups is 1. The van der Waals surface area contributed by atoms with Crippen LogP contribution in [-0.4, -0.2) is 31.6 Å². The van der Waals surface area contributed by atoms with Gasteiger partial charge in [-0.3, -0.25) is 4.79 Å². The molecule has 0 aromatic carbocycles. The Bertz CT molecular complexity index is 205. The maximum absolute atomic E-state index is 10.6. The van der Waals surface area contributed by atoms with E-state index in [9.17, 15) is 4.79 Å². The normalized spacial score (nSPS) is 24.6. The summed E-state index contributed by atoms with van der Waals surface area (Å²) in [5.74, 6) is -0.269. The summed E-state index contributed by atoms with van der Waals surface area (Å²) in [5.41, 5.74) is 0. The molecule has 0 spiro atoms. The van der Waals surface area contributed by atoms with Gasteiger partial charge in [0.25, 0.3) is 0 Å². The summed E-state index contributed by atoms with van der Waals surface area (Å²) in [6, 6.07) is 0. The van der Waals surface area contributed by atoms with Crippen LogP contribution in [0.2, 0.25) is 0 Å². The minimum atomic E-state index is -0.269. The fourth-order valence-corrected chi connectivity index (χ4v) is 1.69. The molecule has 0 amide bonds. The highest BCUT2D eigenvalue weighted by Crippen LogP contribution is 2.17. The van der Waals surface area contributed by atoms with Gasteiger partial charge in [0.2, 0.25) is 0 Å². The van der Waals surface area contributed by atoms with Crippen molar-refractivity contribution < 1.29 is 19.0 Å². The van der Waals surface area contributed by atoms with Crippen LogP contribution in [0.25, 0.3) is 0 Å². The molecule has 1 saturated heterocycles. The van der Waals surface area contributed by atoms with Crippen LogP contribution in [-0.2, 0) is 19.0 Å². The summed E-state index contributed by atoms with van der Waals surface area (Å²) in [4.78, 5) is 10.6. The van der Waals surface area contributed by atoms with E-state index in [2.05, 4.69) is 6.92 Å². The van der Waals surface area contributed by atoms with Gasteiger partial charge in [-0.25, -0.2) is 0 Å². The molecule has 4 nitrogen and oxygen atoms in total. The first kappa shape index (κ1) is 13.5. The second-order valence-corrected chi connectivity index (χ2v) is 4.17. The Morgan fingerprint density at radius 1 is 1.38 bits per heavy atom. The van der Waals surface area contributed by atoms with Crippen molar-refractivity contribution in [2.24, 2.45) is 0 Å². The Labute approximate surface area is 97.2 Å². The molecule has 2 atom stereocenters. The molecule has 4 heteroatoms. The molecule has 0 N–H and O–H groups in total. The van der Waals surface area contributed by atoms with Gasteiger partial charge in [-0.1, -0.05) is 26.2 Å². The maximum Gasteiger partial charge on any atom is 0.302 e. The van der Waals surface area contributed by atoms with Gasteiger partial charge in [-0.2, -0.15) is 0 Å². The zero-order valence-electron chi connectivity index (χ0n) is 10.2. The van der Waals surface area contributed by atoms with Gasteiger partial charge in [0.15, 0.2) is 6.29 Å². The molecule has 0 bridgehead atoms. The third kappa shape index (κ3) is 5.47. The number of esters is 1. The van der Waals surface area contributed by atoms with E-state index in [1.54, 1.807) is 0 Å². The smallest absolute Gasteiger partial charge is 0.302 e. The molecule has 0 aromatic rings. The number of carbonyl (C=O) groups excluding carboxylic acids is 1. The quantitative estimate of drug-likeness (QED) is 0.497. The van der Waals surface area contributed by atoms with E-state index in [1.807, 2.05) is 0 Å². The molecule has 1 rings (SSSR count). The van der Waals surface area contributed by atoms with Gasteiger partial charge >= 0.3 is 5.97 Å². The van der Waals surface area contributed by atoms with Crippen LogP contribution in [0.5, 0.6) is 0 Å². The predicted molar refractivity (Wildman–Crippen MR) is 60.0 cm³/mol. The van der Waals surface area contributed by atoms with Crippen LogP contribution >= 0.6 is 0 Å². The Kier molecular flexibility index (Phi) is 6.42. The molecular weight excluding hydrogens is 208 g/mol. The minimum absolute atomic E-state index is 0.0833. The molecule has 1 aliphatic heterocycles. The molecular formula is C12H22O4. The Morgan fingerprint density at radius 3 is 2.88 bits per heavy atom. The summed E-state index contributed by atoms with van der Waals surface area (Å²) in [7, 11) is 0. The van der Waals surface area contributed by atoms with Crippen molar-refractivity contribution in [2.45, 2.75) is 58.3 Å². The molecule has 0 saturated carbocycles. The van der Waals surface area contributed by atoms with Crippen LogP contribution in [0.3, 0.4) is 0 Å². The van der Waals surface area contributed by atoms with E-state index in [1.165, 1.54) is 26.2 Å². The molecule has 94 valence electrons. The monoisotopic (exact) mass is 230 g/mol. The van der Waals surface area contributed by atoms with E-state index in [-0.39, 0.29) is 18.4 Å². The molecule has 1 aliphatic rings. The van der Waals surface area contributed by atoms with Crippen molar-refractivity contribution in [1.82, 2.24) is 0 Å². The molecule has 0 radical (unpaired) electrons. The lowest BCUT2D eigenvalue weighted by atomic mass is 10.1. The van der Waals surface area contributed by atoms with Gasteiger partial charge in [0.05, 0.1) is 6.61 Å². The van der Waals surface area contributed by atoms with E-state index in [4.69, 9.17) is 14.2 Å². The van der Waals surface area contributed by atoms with Crippen LogP contribution in [0.15, 0.2) is 0 Å². The van der Waals surface area contributed by atoms with Crippen LogP contribution in [0, 0.1) is 0 Å². The largest absolute Gasteiger partial charge is 0.463 e. The SMILES string of the molecule is CCCCCC[C@H]1OC[C@@H](COC(C)=O)O1. The number of rotatable bonds is 7. The average Bonchev–Trinajstić information content (AvgIpc) is 2.70. The lowest BCUT2D eigenvalue weighted by Gasteiger charge is -2.11. The fraction of sp³-hybridized carbons (Fsp3) is 0.917. The highest BCUT2D eigenvalue weighted by Gasteiger charge is 2.26. The molecule has 0 aliphatic carbocycles. The number of unbranched alkanes of at least 4 members (excludes halogenated alkanes) is 3. The van der Waals surface area contributed by atoms with Gasteiger partial charge in [-0.15, -0.1) is 0 Å². The minimum Gasteiger partial charge on any atom is -0.463 e. The van der Waals surface area contributed by atoms with E-state index >= 15 is 0 Å². The first-order valence-electron chi connectivity index (χ1n) is 6.12. The van der Waals surface area contributed by atoms with Gasteiger partial charge in [0, 0.05) is 6.92 Å². The van der Waals surface area contributed by atoms with Crippen molar-refractivity contribution >= 4 is 5.97 Å². The maximum atomic E-state index is 10.6. The predicted octanol–water partition coefficient (Wildman–Crippen LogP) is 2.26. The summed E-state index contributed by atoms with van der Waals surface area (Å²) in [6.45, 7) is 4.43. The van der Waals surface area contributed by atoms with E-state index in [0.29, 0.717) is 13.2 Å². The number of hydrogen-bond donors (Lipinski definition) is 0. The zero-order chi connectivity index (χ0) is 11.8. The van der Waals surface area contributed by atoms with Crippen molar-refractivity contribution in [2.75, 3.05) is 13.2 Å². The molecule has 0 unspecified atom stereocenters. The summed E-state index contributed by atoms with van der Waals surface area (Å²) >= 11 is 0. The van der Waals surface area contributed by atoms with Crippen molar-refractivity contribution in [3.8, 4) is 0 Å². The first-order valence-corrected chi connectivity index (χ1v) is 6.12. The Morgan fingerprint density at radius 2 is 2.19 bits per heavy atom. The third-order valence-corrected chi connectivity index (χ3v) is 2.58. The van der Waals surface area contributed by atoms with E-state index < -0.39 is 0 Å². The summed E-state index contributed by atoms with van der Waals surface area (Å²) in [5, 5.41) is 0. The highest BCUT2D eigenvalue weighted by atomic mass is 16.7. The Balaban J connectivity index is 2.03. The first-order chi connectivity index (χ1) is 7.72. The lowest BCUT2D eigenvalue weighted by Crippen LogP contribution is -2.20. The van der Waals surface area contributed by atoms with Crippen molar-refractivity contribution in [3.05, 3.63) is 0 Å². The molecule has 1 heterocycles. The molecule has 16 heavy (non-hydrogen) atoms. The standard InChI is InChI=1S/C12H22O4/c1-3-4-5-6-7-12-15-9-11(16-12)8-14-10(2)13/h11-12H,3-9H2,1-2H3/t11-,12+/m1/s1. The molecule has 1 fully saturated rings. The zero-order valence-corrected chi connectivity index (χ0v) is 10.2. The number of hydrogen-bond acceptors (Lipinski definition) is 4. The third-order valence-electron chi connectivity index (χ3n) is 2.58. The topological polar surface area (TPSA) is 44.8 Å². The van der Waals surface area contributed by atoms with Gasteiger partial charge in [0.1, 0.15) is 12.7 Å². The average molecular weight is 230 g/mol. The second-order valence-electron chi connectivity index (χ2n) is 4.17. The summed E-state index contributed by atoms with van der Waals surface area (Å²) < 4.78 is 15.9. The van der Waals surface area contributed by atoms with Crippen molar-refractivity contribution in [1.29, 1.82) is 0 Å².